The Morgan fingerprint density at radius 3 is 2.59 bits per heavy atom. The molecule has 3 rings (SSSR count). The van der Waals surface area contributed by atoms with Gasteiger partial charge in [-0.15, -0.1) is 24.8 Å². The maximum absolute atomic E-state index is 12.1. The van der Waals surface area contributed by atoms with Crippen LogP contribution >= 0.6 is 24.8 Å². The van der Waals surface area contributed by atoms with Gasteiger partial charge in [0.15, 0.2) is 0 Å². The molecule has 6 nitrogen and oxygen atoms in total. The minimum atomic E-state index is -0.435. The molecular formula is C19H31Cl2N3O3. The van der Waals surface area contributed by atoms with E-state index in [1.54, 1.807) is 0 Å². The van der Waals surface area contributed by atoms with Crippen molar-refractivity contribution in [3.63, 3.8) is 0 Å². The van der Waals surface area contributed by atoms with E-state index >= 15 is 0 Å². The fraction of sp³-hybridized carbons (Fsp3) is 0.632. The number of nitrogens with one attached hydrogen (secondary N) is 2. The number of nitrogens with zero attached hydrogens (tertiary/aromatic N) is 1. The monoisotopic (exact) mass is 419 g/mol. The van der Waals surface area contributed by atoms with Gasteiger partial charge in [0.05, 0.1) is 19.3 Å². The number of benzene rings is 1. The number of carbonyl (C=O) groups is 1. The van der Waals surface area contributed by atoms with Crippen LogP contribution in [0.5, 0.6) is 0 Å². The molecule has 2 fully saturated rings. The summed E-state index contributed by atoms with van der Waals surface area (Å²) in [6.45, 7) is 5.21. The minimum Gasteiger partial charge on any atom is -0.387 e. The van der Waals surface area contributed by atoms with Gasteiger partial charge in [-0.2, -0.15) is 0 Å². The minimum absolute atomic E-state index is 0. The Labute approximate surface area is 173 Å². The fourth-order valence-electron chi connectivity index (χ4n) is 3.50. The third-order valence-corrected chi connectivity index (χ3v) is 5.13. The van der Waals surface area contributed by atoms with E-state index in [0.717, 1.165) is 44.6 Å². The zero-order chi connectivity index (χ0) is 17.5. The number of piperidine rings is 1. The summed E-state index contributed by atoms with van der Waals surface area (Å²) >= 11 is 0. The van der Waals surface area contributed by atoms with Crippen LogP contribution in [0.1, 0.15) is 24.5 Å². The number of ether oxygens (including phenoxy) is 1. The van der Waals surface area contributed by atoms with Gasteiger partial charge in [0, 0.05) is 19.6 Å². The largest absolute Gasteiger partial charge is 0.387 e. The SMILES string of the molecule is Cl.Cl.O=C(NCC1CCN(CC(O)c2ccccc2)CC1)C1COCCN1. The van der Waals surface area contributed by atoms with E-state index in [2.05, 4.69) is 15.5 Å². The van der Waals surface area contributed by atoms with Gasteiger partial charge in [0.2, 0.25) is 5.91 Å². The first-order chi connectivity index (χ1) is 12.2. The van der Waals surface area contributed by atoms with Crippen LogP contribution in [-0.2, 0) is 9.53 Å². The van der Waals surface area contributed by atoms with E-state index in [9.17, 15) is 9.90 Å². The van der Waals surface area contributed by atoms with Crippen molar-refractivity contribution in [2.24, 2.45) is 5.92 Å². The first-order valence-electron chi connectivity index (χ1n) is 9.26. The van der Waals surface area contributed by atoms with Gasteiger partial charge < -0.3 is 25.4 Å². The van der Waals surface area contributed by atoms with Crippen LogP contribution in [0.4, 0.5) is 0 Å². The van der Waals surface area contributed by atoms with Crippen LogP contribution in [0.25, 0.3) is 0 Å². The predicted octanol–water partition coefficient (Wildman–Crippen LogP) is 1.38. The van der Waals surface area contributed by atoms with Crippen LogP contribution in [-0.4, -0.2) is 67.9 Å². The Kier molecular flexibility index (Phi) is 11.2. The Morgan fingerprint density at radius 1 is 1.26 bits per heavy atom. The van der Waals surface area contributed by atoms with Crippen LogP contribution in [0.15, 0.2) is 30.3 Å². The Morgan fingerprint density at radius 2 is 1.96 bits per heavy atom. The molecule has 0 aromatic heterocycles. The molecule has 2 saturated heterocycles. The molecular weight excluding hydrogens is 389 g/mol. The van der Waals surface area contributed by atoms with Crippen molar-refractivity contribution in [2.45, 2.75) is 25.0 Å². The summed E-state index contributed by atoms with van der Waals surface area (Å²) in [5.41, 5.74) is 0.971. The number of hydrogen-bond donors (Lipinski definition) is 3. The van der Waals surface area contributed by atoms with Crippen LogP contribution in [0.2, 0.25) is 0 Å². The molecule has 8 heteroatoms. The van der Waals surface area contributed by atoms with Gasteiger partial charge in [0.25, 0.3) is 0 Å². The third-order valence-electron chi connectivity index (χ3n) is 5.13. The highest BCUT2D eigenvalue weighted by Gasteiger charge is 2.24. The first-order valence-corrected chi connectivity index (χ1v) is 9.26. The predicted molar refractivity (Wildman–Crippen MR) is 111 cm³/mol. The molecule has 2 aliphatic rings. The van der Waals surface area contributed by atoms with Crippen molar-refractivity contribution in [1.29, 1.82) is 0 Å². The van der Waals surface area contributed by atoms with Crippen LogP contribution in [0.3, 0.4) is 0 Å². The van der Waals surface area contributed by atoms with E-state index in [4.69, 9.17) is 4.74 Å². The molecule has 2 aliphatic heterocycles. The number of β-amino-alcohol motifs (C(OH)–C–C–N with tert-alkyl or cyclic N) is 1. The fourth-order valence-corrected chi connectivity index (χ4v) is 3.50. The average molecular weight is 420 g/mol. The topological polar surface area (TPSA) is 73.8 Å². The number of amides is 1. The smallest absolute Gasteiger partial charge is 0.239 e. The Hall–Kier alpha value is -0.890. The number of aliphatic hydroxyl groups is 1. The average Bonchev–Trinajstić information content (AvgIpc) is 2.68. The third kappa shape index (κ3) is 7.56. The quantitative estimate of drug-likeness (QED) is 0.649. The molecule has 2 atom stereocenters. The van der Waals surface area contributed by atoms with Gasteiger partial charge in [-0.25, -0.2) is 0 Å². The molecule has 3 N–H and O–H groups in total. The van der Waals surface area contributed by atoms with E-state index in [1.807, 2.05) is 30.3 Å². The number of likely N-dealkylation sites (tertiary alicyclic amines) is 1. The van der Waals surface area contributed by atoms with Crippen molar-refractivity contribution in [3.8, 4) is 0 Å². The number of morpholine rings is 1. The number of halogens is 2. The number of aliphatic hydroxyl groups excluding tert-OH is 1. The molecule has 1 aromatic carbocycles. The lowest BCUT2D eigenvalue weighted by atomic mass is 9.96. The summed E-state index contributed by atoms with van der Waals surface area (Å²) in [6.07, 6.45) is 1.67. The van der Waals surface area contributed by atoms with Crippen LogP contribution in [0, 0.1) is 5.92 Å². The van der Waals surface area contributed by atoms with Crippen molar-refractivity contribution in [3.05, 3.63) is 35.9 Å². The second kappa shape index (κ2) is 12.5. The number of carbonyl (C=O) groups excluding carboxylic acids is 1. The molecule has 2 unspecified atom stereocenters. The van der Waals surface area contributed by atoms with E-state index in [1.165, 1.54) is 0 Å². The maximum Gasteiger partial charge on any atom is 0.239 e. The van der Waals surface area contributed by atoms with Gasteiger partial charge in [-0.3, -0.25) is 4.79 Å². The molecule has 0 saturated carbocycles. The summed E-state index contributed by atoms with van der Waals surface area (Å²) in [5, 5.41) is 16.6. The zero-order valence-corrected chi connectivity index (χ0v) is 17.1. The molecule has 0 aliphatic carbocycles. The lowest BCUT2D eigenvalue weighted by molar-refractivity contribution is -0.126. The normalized spacial score (nSPS) is 22.2. The zero-order valence-electron chi connectivity index (χ0n) is 15.5. The molecule has 154 valence electrons. The molecule has 2 heterocycles. The highest BCUT2D eigenvalue weighted by atomic mass is 35.5. The van der Waals surface area contributed by atoms with Crippen molar-refractivity contribution in [1.82, 2.24) is 15.5 Å². The van der Waals surface area contributed by atoms with Gasteiger partial charge in [-0.05, 0) is 37.4 Å². The van der Waals surface area contributed by atoms with Crippen molar-refractivity contribution in [2.75, 3.05) is 45.9 Å². The summed E-state index contributed by atoms with van der Waals surface area (Å²) < 4.78 is 5.33. The molecule has 1 amide bonds. The maximum atomic E-state index is 12.1. The number of hydrogen-bond acceptors (Lipinski definition) is 5. The Bertz CT molecular complexity index is 536. The lowest BCUT2D eigenvalue weighted by Crippen LogP contribution is -2.52. The molecule has 0 spiro atoms. The highest BCUT2D eigenvalue weighted by Crippen LogP contribution is 2.20. The molecule has 0 radical (unpaired) electrons. The Balaban J connectivity index is 0.00000182. The van der Waals surface area contributed by atoms with Crippen LogP contribution < -0.4 is 10.6 Å². The second-order valence-electron chi connectivity index (χ2n) is 7.00. The molecule has 0 bridgehead atoms. The summed E-state index contributed by atoms with van der Waals surface area (Å²) in [4.78, 5) is 14.4. The molecule has 27 heavy (non-hydrogen) atoms. The van der Waals surface area contributed by atoms with E-state index in [-0.39, 0.29) is 36.8 Å². The number of rotatable bonds is 6. The first kappa shape index (κ1) is 24.1. The van der Waals surface area contributed by atoms with Crippen molar-refractivity contribution >= 4 is 30.7 Å². The standard InChI is InChI=1S/C19H29N3O3.2ClH/c23-18(16-4-2-1-3-5-16)13-22-9-6-15(7-10-22)12-21-19(24)17-14-25-11-8-20-17;;/h1-5,15,17-18,20,23H,6-14H2,(H,21,24);2*1H. The van der Waals surface area contributed by atoms with Gasteiger partial charge in [0.1, 0.15) is 6.04 Å². The highest BCUT2D eigenvalue weighted by molar-refractivity contribution is 5.85. The summed E-state index contributed by atoms with van der Waals surface area (Å²) in [6, 6.07) is 9.60. The van der Waals surface area contributed by atoms with Crippen molar-refractivity contribution < 1.29 is 14.6 Å². The summed E-state index contributed by atoms with van der Waals surface area (Å²) in [5.74, 6) is 0.556. The van der Waals surface area contributed by atoms with E-state index < -0.39 is 6.10 Å². The lowest BCUT2D eigenvalue weighted by Gasteiger charge is -2.33. The van der Waals surface area contributed by atoms with Gasteiger partial charge in [-0.1, -0.05) is 30.3 Å². The summed E-state index contributed by atoms with van der Waals surface area (Å²) in [7, 11) is 0. The second-order valence-corrected chi connectivity index (χ2v) is 7.00. The molecule has 1 aromatic rings. The van der Waals surface area contributed by atoms with Gasteiger partial charge >= 0.3 is 0 Å². The van der Waals surface area contributed by atoms with E-state index in [0.29, 0.717) is 25.7 Å².